The van der Waals surface area contributed by atoms with Crippen molar-refractivity contribution in [1.29, 1.82) is 0 Å². The molecule has 0 saturated heterocycles. The second-order valence-corrected chi connectivity index (χ2v) is 8.15. The molecule has 0 amide bonds. The van der Waals surface area contributed by atoms with E-state index in [0.717, 1.165) is 34.0 Å². The maximum absolute atomic E-state index is 14.6. The second-order valence-electron chi connectivity index (χ2n) is 7.20. The van der Waals surface area contributed by atoms with E-state index in [2.05, 4.69) is 15.1 Å². The minimum absolute atomic E-state index is 0.0857. The zero-order chi connectivity index (χ0) is 22.8. The quantitative estimate of drug-likeness (QED) is 0.263. The molecule has 5 aromatic rings. The van der Waals surface area contributed by atoms with Crippen molar-refractivity contribution in [1.82, 2.24) is 19.7 Å². The zero-order valence-electron chi connectivity index (χ0n) is 17.1. The lowest BCUT2D eigenvalue weighted by Crippen LogP contribution is -2.22. The number of benzene rings is 3. The molecule has 0 saturated carbocycles. The first-order valence-corrected chi connectivity index (χ1v) is 11.0. The van der Waals surface area contributed by atoms with Gasteiger partial charge in [0, 0.05) is 12.5 Å². The summed E-state index contributed by atoms with van der Waals surface area (Å²) < 4.78 is 34.5. The van der Waals surface area contributed by atoms with Gasteiger partial charge in [-0.1, -0.05) is 59.4 Å². The van der Waals surface area contributed by atoms with Crippen molar-refractivity contribution >= 4 is 22.7 Å². The van der Waals surface area contributed by atoms with E-state index in [9.17, 15) is 13.6 Å². The third-order valence-corrected chi connectivity index (χ3v) is 5.86. The second kappa shape index (κ2) is 8.95. The summed E-state index contributed by atoms with van der Waals surface area (Å²) in [5, 5.41) is 4.56. The number of thioether (sulfide) groups is 1. The van der Waals surface area contributed by atoms with E-state index < -0.39 is 17.2 Å². The van der Waals surface area contributed by atoms with Gasteiger partial charge in [-0.3, -0.25) is 9.36 Å². The predicted molar refractivity (Wildman–Crippen MR) is 120 cm³/mol. The number of para-hydroxylation sites is 1. The number of halogens is 2. The third-order valence-electron chi connectivity index (χ3n) is 4.94. The molecule has 0 atom stereocenters. The van der Waals surface area contributed by atoms with Gasteiger partial charge in [-0.2, -0.15) is 4.98 Å². The molecular formula is C24H16F2N4O2S. The number of aromatic nitrogens is 4. The molecule has 0 aliphatic heterocycles. The molecule has 0 bridgehead atoms. The van der Waals surface area contributed by atoms with Crippen molar-refractivity contribution in [3.05, 3.63) is 112 Å². The van der Waals surface area contributed by atoms with Gasteiger partial charge >= 0.3 is 0 Å². The van der Waals surface area contributed by atoms with E-state index in [1.807, 2.05) is 30.3 Å². The van der Waals surface area contributed by atoms with Gasteiger partial charge in [0.15, 0.2) is 11.0 Å². The summed E-state index contributed by atoms with van der Waals surface area (Å²) in [6.45, 7) is 0. The van der Waals surface area contributed by atoms with E-state index in [1.54, 1.807) is 24.3 Å². The standard InChI is InChI=1S/C24H16F2N4O2S/c25-16-10-11-20(18(26)13-16)30-23(31)17-8-4-5-9-19(17)27-24(30)33-14-22-28-21(29-32-22)12-15-6-2-1-3-7-15/h1-11,13H,12,14H2. The Morgan fingerprint density at radius 1 is 0.939 bits per heavy atom. The number of fused-ring (bicyclic) bond motifs is 1. The molecular weight excluding hydrogens is 446 g/mol. The van der Waals surface area contributed by atoms with Gasteiger partial charge in [-0.25, -0.2) is 13.8 Å². The first-order chi connectivity index (χ1) is 16.1. The van der Waals surface area contributed by atoms with Crippen molar-refractivity contribution in [2.75, 3.05) is 0 Å². The summed E-state index contributed by atoms with van der Waals surface area (Å²) in [7, 11) is 0. The first-order valence-electron chi connectivity index (χ1n) is 10.0. The van der Waals surface area contributed by atoms with Gasteiger partial charge in [-0.05, 0) is 29.8 Å². The summed E-state index contributed by atoms with van der Waals surface area (Å²) >= 11 is 1.15. The molecule has 3 aromatic carbocycles. The Bertz CT molecular complexity index is 1500. The largest absolute Gasteiger partial charge is 0.338 e. The fraction of sp³-hybridized carbons (Fsp3) is 0.0833. The highest BCUT2D eigenvalue weighted by molar-refractivity contribution is 7.98. The Labute approximate surface area is 190 Å². The SMILES string of the molecule is O=c1c2ccccc2nc(SCc2nc(Cc3ccccc3)no2)n1-c1ccc(F)cc1F. The molecule has 0 radical (unpaired) electrons. The van der Waals surface area contributed by atoms with Gasteiger partial charge in [0.05, 0.1) is 22.3 Å². The van der Waals surface area contributed by atoms with Crippen LogP contribution in [0, 0.1) is 11.6 Å². The molecule has 164 valence electrons. The summed E-state index contributed by atoms with van der Waals surface area (Å²) in [6, 6.07) is 19.6. The molecule has 0 spiro atoms. The zero-order valence-corrected chi connectivity index (χ0v) is 17.9. The first kappa shape index (κ1) is 21.0. The van der Waals surface area contributed by atoms with Gasteiger partial charge in [-0.15, -0.1) is 0 Å². The minimum Gasteiger partial charge on any atom is -0.338 e. The van der Waals surface area contributed by atoms with Crippen LogP contribution >= 0.6 is 11.8 Å². The average molecular weight is 462 g/mol. The maximum Gasteiger partial charge on any atom is 0.266 e. The molecule has 2 aromatic heterocycles. The van der Waals surface area contributed by atoms with Gasteiger partial charge < -0.3 is 4.52 Å². The highest BCUT2D eigenvalue weighted by atomic mass is 32.2. The van der Waals surface area contributed by atoms with Crippen molar-refractivity contribution in [3.63, 3.8) is 0 Å². The average Bonchev–Trinajstić information content (AvgIpc) is 3.26. The van der Waals surface area contributed by atoms with E-state index in [1.165, 1.54) is 6.07 Å². The van der Waals surface area contributed by atoms with Crippen LogP contribution in [0.1, 0.15) is 17.3 Å². The van der Waals surface area contributed by atoms with Gasteiger partial charge in [0.2, 0.25) is 5.89 Å². The van der Waals surface area contributed by atoms with E-state index in [4.69, 9.17) is 4.52 Å². The van der Waals surface area contributed by atoms with Crippen LogP contribution < -0.4 is 5.56 Å². The molecule has 6 nitrogen and oxygen atoms in total. The van der Waals surface area contributed by atoms with Crippen LogP contribution in [0.25, 0.3) is 16.6 Å². The molecule has 0 aliphatic carbocycles. The van der Waals surface area contributed by atoms with Crippen LogP contribution in [0.5, 0.6) is 0 Å². The number of hydrogen-bond acceptors (Lipinski definition) is 6. The highest BCUT2D eigenvalue weighted by Gasteiger charge is 2.18. The predicted octanol–water partition coefficient (Wildman–Crippen LogP) is 4.93. The summed E-state index contributed by atoms with van der Waals surface area (Å²) in [5.74, 6) is -0.497. The Hall–Kier alpha value is -3.85. The lowest BCUT2D eigenvalue weighted by Gasteiger charge is -2.13. The molecule has 5 rings (SSSR count). The van der Waals surface area contributed by atoms with Crippen LogP contribution in [-0.4, -0.2) is 19.7 Å². The Balaban J connectivity index is 1.48. The van der Waals surface area contributed by atoms with Gasteiger partial charge in [0.25, 0.3) is 5.56 Å². The summed E-state index contributed by atoms with van der Waals surface area (Å²) in [4.78, 5) is 22.1. The molecule has 2 heterocycles. The molecule has 33 heavy (non-hydrogen) atoms. The normalized spacial score (nSPS) is 11.2. The Morgan fingerprint density at radius 2 is 1.73 bits per heavy atom. The molecule has 9 heteroatoms. The fourth-order valence-electron chi connectivity index (χ4n) is 3.41. The number of hydrogen-bond donors (Lipinski definition) is 0. The minimum atomic E-state index is -0.862. The number of nitrogens with zero attached hydrogens (tertiary/aromatic N) is 4. The van der Waals surface area contributed by atoms with Crippen molar-refractivity contribution in [2.45, 2.75) is 17.3 Å². The van der Waals surface area contributed by atoms with Crippen molar-refractivity contribution in [3.8, 4) is 5.69 Å². The Morgan fingerprint density at radius 3 is 2.55 bits per heavy atom. The smallest absolute Gasteiger partial charge is 0.266 e. The lowest BCUT2D eigenvalue weighted by atomic mass is 10.1. The Kier molecular flexibility index (Phi) is 5.70. The van der Waals surface area contributed by atoms with Crippen molar-refractivity contribution < 1.29 is 13.3 Å². The number of rotatable bonds is 6. The lowest BCUT2D eigenvalue weighted by molar-refractivity contribution is 0.385. The molecule has 0 N–H and O–H groups in total. The topological polar surface area (TPSA) is 73.8 Å². The monoisotopic (exact) mass is 462 g/mol. The molecule has 0 aliphatic rings. The van der Waals surface area contributed by atoms with Crippen LogP contribution in [0.2, 0.25) is 0 Å². The summed E-state index contributed by atoms with van der Waals surface area (Å²) in [6.07, 6.45) is 0.523. The summed E-state index contributed by atoms with van der Waals surface area (Å²) in [5.41, 5.74) is 0.981. The van der Waals surface area contributed by atoms with Gasteiger partial charge in [0.1, 0.15) is 11.6 Å². The van der Waals surface area contributed by atoms with E-state index >= 15 is 0 Å². The van der Waals surface area contributed by atoms with E-state index in [0.29, 0.717) is 29.0 Å². The van der Waals surface area contributed by atoms with Crippen LogP contribution in [0.15, 0.2) is 87.3 Å². The molecule has 0 unspecified atom stereocenters. The van der Waals surface area contributed by atoms with Crippen molar-refractivity contribution in [2.24, 2.45) is 0 Å². The third kappa shape index (κ3) is 4.40. The van der Waals surface area contributed by atoms with Crippen LogP contribution in [-0.2, 0) is 12.2 Å². The highest BCUT2D eigenvalue weighted by Crippen LogP contribution is 2.25. The van der Waals surface area contributed by atoms with Crippen LogP contribution in [0.4, 0.5) is 8.78 Å². The molecule has 0 fully saturated rings. The van der Waals surface area contributed by atoms with Crippen LogP contribution in [0.3, 0.4) is 0 Å². The maximum atomic E-state index is 14.6. The van der Waals surface area contributed by atoms with E-state index in [-0.39, 0.29) is 16.6 Å². The fourth-order valence-corrected chi connectivity index (χ4v) is 4.25.